The summed E-state index contributed by atoms with van der Waals surface area (Å²) in [6, 6.07) is 8.59. The van der Waals surface area contributed by atoms with Crippen LogP contribution in [0.15, 0.2) is 24.3 Å². The van der Waals surface area contributed by atoms with E-state index in [1.807, 2.05) is 29.2 Å². The molecule has 2 heterocycles. The third-order valence-corrected chi connectivity index (χ3v) is 4.91. The van der Waals surface area contributed by atoms with Crippen molar-refractivity contribution in [1.82, 2.24) is 4.90 Å². The summed E-state index contributed by atoms with van der Waals surface area (Å²) >= 11 is 0. The van der Waals surface area contributed by atoms with Crippen molar-refractivity contribution in [2.24, 2.45) is 5.92 Å². The predicted octanol–water partition coefficient (Wildman–Crippen LogP) is 2.68. The van der Waals surface area contributed by atoms with E-state index in [4.69, 9.17) is 4.74 Å². The Labute approximate surface area is 132 Å². The summed E-state index contributed by atoms with van der Waals surface area (Å²) in [4.78, 5) is 16.4. The quantitative estimate of drug-likeness (QED) is 0.757. The van der Waals surface area contributed by atoms with Crippen LogP contribution in [-0.4, -0.2) is 43.1 Å². The number of carbonyl (C=O) groups excluding carboxylic acids is 1. The Morgan fingerprint density at radius 3 is 2.95 bits per heavy atom. The number of amides is 1. The van der Waals surface area contributed by atoms with Gasteiger partial charge < -0.3 is 9.64 Å². The fraction of sp³-hybridized carbons (Fsp3) is 0.611. The van der Waals surface area contributed by atoms with Crippen LogP contribution in [0.2, 0.25) is 0 Å². The monoisotopic (exact) mass is 300 g/mol. The zero-order valence-corrected chi connectivity index (χ0v) is 13.0. The molecule has 22 heavy (non-hydrogen) atoms. The molecule has 2 atom stereocenters. The van der Waals surface area contributed by atoms with Gasteiger partial charge in [0.05, 0.1) is 6.04 Å². The number of benzene rings is 1. The molecule has 0 bridgehead atoms. The van der Waals surface area contributed by atoms with Gasteiger partial charge in [-0.3, -0.25) is 9.69 Å². The van der Waals surface area contributed by atoms with Crippen LogP contribution in [0.5, 0.6) is 5.75 Å². The van der Waals surface area contributed by atoms with Crippen molar-refractivity contribution in [1.29, 1.82) is 0 Å². The SMILES string of the molecule is O=C1CCCCN1c1cccc(OCC2CN2CC2CC2)c1. The minimum atomic E-state index is 0.237. The van der Waals surface area contributed by atoms with E-state index < -0.39 is 0 Å². The van der Waals surface area contributed by atoms with Crippen molar-refractivity contribution in [3.63, 3.8) is 0 Å². The fourth-order valence-corrected chi connectivity index (χ4v) is 3.25. The zero-order valence-electron chi connectivity index (χ0n) is 13.0. The van der Waals surface area contributed by atoms with Gasteiger partial charge in [0.1, 0.15) is 12.4 Å². The first-order chi connectivity index (χ1) is 10.8. The highest BCUT2D eigenvalue weighted by molar-refractivity contribution is 5.94. The van der Waals surface area contributed by atoms with Crippen molar-refractivity contribution in [3.8, 4) is 5.75 Å². The Bertz CT molecular complexity index is 556. The van der Waals surface area contributed by atoms with Crippen LogP contribution in [0.25, 0.3) is 0 Å². The molecule has 4 rings (SSSR count). The normalized spacial score (nSPS) is 27.8. The average Bonchev–Trinajstić information content (AvgIpc) is 3.45. The van der Waals surface area contributed by atoms with Crippen LogP contribution in [-0.2, 0) is 4.79 Å². The summed E-state index contributed by atoms with van der Waals surface area (Å²) in [5.41, 5.74) is 0.979. The third kappa shape index (κ3) is 3.27. The molecule has 0 radical (unpaired) electrons. The van der Waals surface area contributed by atoms with Gasteiger partial charge in [0.25, 0.3) is 0 Å². The number of carbonyl (C=O) groups is 1. The van der Waals surface area contributed by atoms with Crippen molar-refractivity contribution < 1.29 is 9.53 Å². The number of hydrogen-bond acceptors (Lipinski definition) is 3. The molecule has 4 nitrogen and oxygen atoms in total. The second-order valence-electron chi connectivity index (χ2n) is 6.86. The van der Waals surface area contributed by atoms with E-state index in [9.17, 15) is 4.79 Å². The Balaban J connectivity index is 1.32. The second kappa shape index (κ2) is 5.92. The molecular weight excluding hydrogens is 276 g/mol. The zero-order chi connectivity index (χ0) is 14.9. The standard InChI is InChI=1S/C18H24N2O2/c21-18-6-1-2-9-20(18)15-4-3-5-17(10-15)22-13-16-12-19(16)11-14-7-8-14/h3-5,10,14,16H,1-2,6-9,11-13H2. The minimum Gasteiger partial charge on any atom is -0.492 e. The van der Waals surface area contributed by atoms with Gasteiger partial charge in [-0.25, -0.2) is 0 Å². The Kier molecular flexibility index (Phi) is 3.78. The lowest BCUT2D eigenvalue weighted by Crippen LogP contribution is -2.35. The summed E-state index contributed by atoms with van der Waals surface area (Å²) in [7, 11) is 0. The molecular formula is C18H24N2O2. The summed E-state index contributed by atoms with van der Waals surface area (Å²) in [6.45, 7) is 4.04. The van der Waals surface area contributed by atoms with Crippen molar-refractivity contribution in [3.05, 3.63) is 24.3 Å². The summed E-state index contributed by atoms with van der Waals surface area (Å²) < 4.78 is 5.95. The molecule has 1 amide bonds. The lowest BCUT2D eigenvalue weighted by molar-refractivity contribution is -0.119. The Morgan fingerprint density at radius 2 is 2.14 bits per heavy atom. The van der Waals surface area contributed by atoms with E-state index >= 15 is 0 Å². The lowest BCUT2D eigenvalue weighted by Gasteiger charge is -2.27. The van der Waals surface area contributed by atoms with Crippen LogP contribution in [0.3, 0.4) is 0 Å². The largest absolute Gasteiger partial charge is 0.492 e. The van der Waals surface area contributed by atoms with E-state index in [1.165, 1.54) is 25.9 Å². The molecule has 4 heteroatoms. The molecule has 1 aliphatic carbocycles. The first-order valence-corrected chi connectivity index (χ1v) is 8.57. The molecule has 0 N–H and O–H groups in total. The van der Waals surface area contributed by atoms with Gasteiger partial charge in [0.15, 0.2) is 0 Å². The average molecular weight is 300 g/mol. The number of hydrogen-bond donors (Lipinski definition) is 0. The second-order valence-corrected chi connectivity index (χ2v) is 6.86. The molecule has 2 saturated heterocycles. The van der Waals surface area contributed by atoms with Gasteiger partial charge >= 0.3 is 0 Å². The van der Waals surface area contributed by atoms with Crippen LogP contribution in [0, 0.1) is 5.92 Å². The number of rotatable bonds is 6. The fourth-order valence-electron chi connectivity index (χ4n) is 3.25. The molecule has 0 spiro atoms. The summed E-state index contributed by atoms with van der Waals surface area (Å²) in [5.74, 6) is 2.08. The van der Waals surface area contributed by atoms with E-state index in [-0.39, 0.29) is 5.91 Å². The maximum Gasteiger partial charge on any atom is 0.226 e. The molecule has 118 valence electrons. The molecule has 3 aliphatic rings. The van der Waals surface area contributed by atoms with Gasteiger partial charge in [-0.2, -0.15) is 0 Å². The topological polar surface area (TPSA) is 32.6 Å². The van der Waals surface area contributed by atoms with Gasteiger partial charge in [-0.15, -0.1) is 0 Å². The molecule has 1 saturated carbocycles. The maximum absolute atomic E-state index is 12.0. The van der Waals surface area contributed by atoms with Crippen molar-refractivity contribution in [2.75, 3.05) is 31.1 Å². The van der Waals surface area contributed by atoms with E-state index in [0.717, 1.165) is 43.3 Å². The van der Waals surface area contributed by atoms with Crippen LogP contribution in [0.4, 0.5) is 5.69 Å². The van der Waals surface area contributed by atoms with Crippen molar-refractivity contribution >= 4 is 11.6 Å². The smallest absolute Gasteiger partial charge is 0.226 e. The molecule has 0 aromatic heterocycles. The molecule has 1 aromatic rings. The first kappa shape index (κ1) is 14.1. The Morgan fingerprint density at radius 1 is 1.23 bits per heavy atom. The summed E-state index contributed by atoms with van der Waals surface area (Å²) in [5, 5.41) is 0. The van der Waals surface area contributed by atoms with Crippen LogP contribution >= 0.6 is 0 Å². The van der Waals surface area contributed by atoms with E-state index in [2.05, 4.69) is 4.90 Å². The third-order valence-electron chi connectivity index (χ3n) is 4.91. The van der Waals surface area contributed by atoms with E-state index in [0.29, 0.717) is 12.5 Å². The molecule has 1 aromatic carbocycles. The lowest BCUT2D eigenvalue weighted by atomic mass is 10.1. The maximum atomic E-state index is 12.0. The predicted molar refractivity (Wildman–Crippen MR) is 86.2 cm³/mol. The van der Waals surface area contributed by atoms with Gasteiger partial charge in [0, 0.05) is 37.8 Å². The molecule has 3 fully saturated rings. The number of nitrogens with zero attached hydrogens (tertiary/aromatic N) is 2. The molecule has 2 aliphatic heterocycles. The van der Waals surface area contributed by atoms with Gasteiger partial charge in [-0.05, 0) is 43.7 Å². The van der Waals surface area contributed by atoms with Gasteiger partial charge in [0.2, 0.25) is 5.91 Å². The van der Waals surface area contributed by atoms with Crippen molar-refractivity contribution in [2.45, 2.75) is 38.1 Å². The summed E-state index contributed by atoms with van der Waals surface area (Å²) in [6.07, 6.45) is 5.61. The first-order valence-electron chi connectivity index (χ1n) is 8.57. The van der Waals surface area contributed by atoms with E-state index in [1.54, 1.807) is 0 Å². The highest BCUT2D eigenvalue weighted by Crippen LogP contribution is 2.34. The van der Waals surface area contributed by atoms with Crippen LogP contribution in [0.1, 0.15) is 32.1 Å². The highest BCUT2D eigenvalue weighted by atomic mass is 16.5. The van der Waals surface area contributed by atoms with Gasteiger partial charge in [-0.1, -0.05) is 6.07 Å². The number of anilines is 1. The minimum absolute atomic E-state index is 0.237. The molecule has 2 unspecified atom stereocenters. The number of piperidine rings is 1. The van der Waals surface area contributed by atoms with Crippen LogP contribution < -0.4 is 9.64 Å². The Hall–Kier alpha value is -1.55. The number of ether oxygens (including phenoxy) is 1. The highest BCUT2D eigenvalue weighted by Gasteiger charge is 2.38.